The van der Waals surface area contributed by atoms with Crippen molar-refractivity contribution in [2.75, 3.05) is 19.6 Å². The van der Waals surface area contributed by atoms with Crippen LogP contribution < -0.4 is 5.32 Å². The molecule has 0 aromatic carbocycles. The number of amides is 2. The van der Waals surface area contributed by atoms with Crippen molar-refractivity contribution in [2.45, 2.75) is 34.1 Å². The molecule has 1 aliphatic heterocycles. The van der Waals surface area contributed by atoms with Crippen LogP contribution in [0.4, 0.5) is 0 Å². The molecule has 0 atom stereocenters. The highest BCUT2D eigenvalue weighted by atomic mass is 16.2. The van der Waals surface area contributed by atoms with Crippen LogP contribution in [0.2, 0.25) is 0 Å². The summed E-state index contributed by atoms with van der Waals surface area (Å²) in [5.74, 6) is 0.522. The van der Waals surface area contributed by atoms with E-state index in [1.165, 1.54) is 0 Å². The number of carbonyl (C=O) groups is 2. The van der Waals surface area contributed by atoms with Crippen molar-refractivity contribution in [1.29, 1.82) is 0 Å². The molecule has 4 heteroatoms. The van der Waals surface area contributed by atoms with E-state index in [0.29, 0.717) is 19.0 Å². The first kappa shape index (κ1) is 13.0. The van der Waals surface area contributed by atoms with E-state index >= 15 is 0 Å². The standard InChI is InChI=1S/C12H22N2O2/c1-9(2)7-12(3,4)11(16)14-6-5-13-10(15)8-14/h9H,5-8H2,1-4H3,(H,13,15). The molecule has 0 saturated carbocycles. The monoisotopic (exact) mass is 226 g/mol. The molecule has 1 saturated heterocycles. The number of nitrogens with one attached hydrogen (secondary N) is 1. The molecule has 1 fully saturated rings. The Balaban J connectivity index is 2.65. The Labute approximate surface area is 97.4 Å². The highest BCUT2D eigenvalue weighted by Crippen LogP contribution is 2.27. The lowest BCUT2D eigenvalue weighted by Gasteiger charge is -2.34. The first-order chi connectivity index (χ1) is 7.33. The topological polar surface area (TPSA) is 49.4 Å². The van der Waals surface area contributed by atoms with Crippen LogP contribution in [-0.2, 0) is 9.59 Å². The Morgan fingerprint density at radius 2 is 2.12 bits per heavy atom. The van der Waals surface area contributed by atoms with Crippen LogP contribution >= 0.6 is 0 Å². The van der Waals surface area contributed by atoms with Gasteiger partial charge in [-0.15, -0.1) is 0 Å². The molecule has 1 aliphatic rings. The van der Waals surface area contributed by atoms with Gasteiger partial charge in [-0.05, 0) is 12.3 Å². The SMILES string of the molecule is CC(C)CC(C)(C)C(=O)N1CCNC(=O)C1. The summed E-state index contributed by atoms with van der Waals surface area (Å²) in [6.45, 7) is 9.55. The Hall–Kier alpha value is -1.06. The molecule has 0 unspecified atom stereocenters. The van der Waals surface area contributed by atoms with Crippen LogP contribution in [0.15, 0.2) is 0 Å². The maximum atomic E-state index is 12.2. The molecule has 0 aliphatic carbocycles. The lowest BCUT2D eigenvalue weighted by atomic mass is 9.82. The van der Waals surface area contributed by atoms with E-state index in [9.17, 15) is 9.59 Å². The van der Waals surface area contributed by atoms with Gasteiger partial charge in [0.1, 0.15) is 0 Å². The van der Waals surface area contributed by atoms with Gasteiger partial charge in [-0.2, -0.15) is 0 Å². The summed E-state index contributed by atoms with van der Waals surface area (Å²) in [6, 6.07) is 0. The summed E-state index contributed by atoms with van der Waals surface area (Å²) >= 11 is 0. The summed E-state index contributed by atoms with van der Waals surface area (Å²) in [5.41, 5.74) is -0.369. The van der Waals surface area contributed by atoms with Gasteiger partial charge in [0.25, 0.3) is 0 Å². The van der Waals surface area contributed by atoms with E-state index in [0.717, 1.165) is 6.42 Å². The second-order valence-corrected chi connectivity index (χ2v) is 5.56. The molecule has 0 aromatic rings. The van der Waals surface area contributed by atoms with Gasteiger partial charge in [0.05, 0.1) is 6.54 Å². The van der Waals surface area contributed by atoms with Crippen molar-refractivity contribution < 1.29 is 9.59 Å². The highest BCUT2D eigenvalue weighted by Gasteiger charge is 2.34. The number of nitrogens with zero attached hydrogens (tertiary/aromatic N) is 1. The molecular formula is C12H22N2O2. The number of rotatable bonds is 3. The zero-order valence-electron chi connectivity index (χ0n) is 10.7. The molecule has 0 radical (unpaired) electrons. The largest absolute Gasteiger partial charge is 0.353 e. The lowest BCUT2D eigenvalue weighted by Crippen LogP contribution is -2.53. The van der Waals surface area contributed by atoms with Gasteiger partial charge in [-0.25, -0.2) is 0 Å². The van der Waals surface area contributed by atoms with Crippen molar-refractivity contribution >= 4 is 11.8 Å². The molecule has 0 aromatic heterocycles. The van der Waals surface area contributed by atoms with Crippen LogP contribution in [0.5, 0.6) is 0 Å². The van der Waals surface area contributed by atoms with E-state index in [1.54, 1.807) is 4.90 Å². The third-order valence-electron chi connectivity index (χ3n) is 2.82. The smallest absolute Gasteiger partial charge is 0.239 e. The number of hydrogen-bond donors (Lipinski definition) is 1. The van der Waals surface area contributed by atoms with Crippen LogP contribution in [0.1, 0.15) is 34.1 Å². The van der Waals surface area contributed by atoms with Crippen LogP contribution in [0.3, 0.4) is 0 Å². The maximum Gasteiger partial charge on any atom is 0.239 e. The van der Waals surface area contributed by atoms with Crippen LogP contribution in [0.25, 0.3) is 0 Å². The third kappa shape index (κ3) is 3.22. The zero-order chi connectivity index (χ0) is 12.3. The Morgan fingerprint density at radius 3 is 2.62 bits per heavy atom. The van der Waals surface area contributed by atoms with Gasteiger partial charge >= 0.3 is 0 Å². The normalized spacial score (nSPS) is 17.6. The Kier molecular flexibility index (Phi) is 3.94. The number of carbonyl (C=O) groups excluding carboxylic acids is 2. The molecule has 4 nitrogen and oxygen atoms in total. The average molecular weight is 226 g/mol. The second kappa shape index (κ2) is 4.85. The van der Waals surface area contributed by atoms with Crippen molar-refractivity contribution in [2.24, 2.45) is 11.3 Å². The molecule has 0 spiro atoms. The predicted molar refractivity (Wildman–Crippen MR) is 62.8 cm³/mol. The van der Waals surface area contributed by atoms with Gasteiger partial charge in [-0.1, -0.05) is 27.7 Å². The maximum absolute atomic E-state index is 12.2. The molecule has 1 heterocycles. The minimum absolute atomic E-state index is 0.0556. The fraction of sp³-hybridized carbons (Fsp3) is 0.833. The first-order valence-electron chi connectivity index (χ1n) is 5.89. The van der Waals surface area contributed by atoms with E-state index in [2.05, 4.69) is 19.2 Å². The van der Waals surface area contributed by atoms with E-state index < -0.39 is 0 Å². The quantitative estimate of drug-likeness (QED) is 0.781. The van der Waals surface area contributed by atoms with Crippen molar-refractivity contribution in [3.8, 4) is 0 Å². The number of hydrogen-bond acceptors (Lipinski definition) is 2. The predicted octanol–water partition coefficient (Wildman–Crippen LogP) is 1.02. The summed E-state index contributed by atoms with van der Waals surface area (Å²) in [6.07, 6.45) is 0.851. The first-order valence-corrected chi connectivity index (χ1v) is 5.89. The molecule has 2 amide bonds. The molecule has 1 rings (SSSR count). The third-order valence-corrected chi connectivity index (χ3v) is 2.82. The molecule has 92 valence electrons. The fourth-order valence-corrected chi connectivity index (χ4v) is 2.35. The molecule has 16 heavy (non-hydrogen) atoms. The van der Waals surface area contributed by atoms with Gasteiger partial charge < -0.3 is 10.2 Å². The van der Waals surface area contributed by atoms with E-state index in [-0.39, 0.29) is 23.8 Å². The van der Waals surface area contributed by atoms with Gasteiger partial charge in [0.15, 0.2) is 0 Å². The minimum atomic E-state index is -0.369. The second-order valence-electron chi connectivity index (χ2n) is 5.56. The van der Waals surface area contributed by atoms with E-state index in [4.69, 9.17) is 0 Å². The summed E-state index contributed by atoms with van der Waals surface area (Å²) in [4.78, 5) is 25.1. The Bertz CT molecular complexity index is 285. The molecule has 0 bridgehead atoms. The van der Waals surface area contributed by atoms with Crippen molar-refractivity contribution in [1.82, 2.24) is 10.2 Å². The van der Waals surface area contributed by atoms with Crippen molar-refractivity contribution in [3.63, 3.8) is 0 Å². The minimum Gasteiger partial charge on any atom is -0.353 e. The van der Waals surface area contributed by atoms with Crippen LogP contribution in [-0.4, -0.2) is 36.3 Å². The van der Waals surface area contributed by atoms with Gasteiger partial charge in [0.2, 0.25) is 11.8 Å². The lowest BCUT2D eigenvalue weighted by molar-refractivity contribution is -0.146. The summed E-state index contributed by atoms with van der Waals surface area (Å²) in [7, 11) is 0. The highest BCUT2D eigenvalue weighted by molar-refractivity contribution is 5.88. The Morgan fingerprint density at radius 1 is 1.50 bits per heavy atom. The zero-order valence-corrected chi connectivity index (χ0v) is 10.7. The van der Waals surface area contributed by atoms with Crippen molar-refractivity contribution in [3.05, 3.63) is 0 Å². The summed E-state index contributed by atoms with van der Waals surface area (Å²) < 4.78 is 0. The fourth-order valence-electron chi connectivity index (χ4n) is 2.35. The number of piperazine rings is 1. The van der Waals surface area contributed by atoms with Gasteiger partial charge in [-0.3, -0.25) is 9.59 Å². The summed E-state index contributed by atoms with van der Waals surface area (Å²) in [5, 5.41) is 2.73. The van der Waals surface area contributed by atoms with Gasteiger partial charge in [0, 0.05) is 18.5 Å². The average Bonchev–Trinajstić information content (AvgIpc) is 2.14. The van der Waals surface area contributed by atoms with Crippen LogP contribution in [0, 0.1) is 11.3 Å². The molecule has 1 N–H and O–H groups in total. The van der Waals surface area contributed by atoms with E-state index in [1.807, 2.05) is 13.8 Å². The molecular weight excluding hydrogens is 204 g/mol.